The molecule has 0 N–H and O–H groups in total. The number of hydrogen-bond acceptors (Lipinski definition) is 6. The number of aryl methyl sites for hydroxylation is 1. The Morgan fingerprint density at radius 3 is 2.52 bits per heavy atom. The predicted molar refractivity (Wildman–Crippen MR) is 81.7 cm³/mol. The molecule has 1 aromatic heterocycles. The van der Waals surface area contributed by atoms with E-state index < -0.39 is 5.97 Å². The minimum Gasteiger partial charge on any atom is -0.493 e. The van der Waals surface area contributed by atoms with E-state index in [9.17, 15) is 4.79 Å². The maximum absolute atomic E-state index is 11.6. The van der Waals surface area contributed by atoms with E-state index in [1.54, 1.807) is 12.1 Å². The molecule has 0 fully saturated rings. The van der Waals surface area contributed by atoms with E-state index in [1.807, 2.05) is 6.92 Å². The molecular formula is C14H14ClNO4S. The Morgan fingerprint density at radius 2 is 1.95 bits per heavy atom. The molecule has 0 radical (unpaired) electrons. The zero-order valence-corrected chi connectivity index (χ0v) is 13.6. The summed E-state index contributed by atoms with van der Waals surface area (Å²) >= 11 is 7.57. The molecule has 112 valence electrons. The number of thiazole rings is 1. The minimum absolute atomic E-state index is 0.309. The van der Waals surface area contributed by atoms with Gasteiger partial charge in [0.1, 0.15) is 5.01 Å². The average molecular weight is 328 g/mol. The van der Waals surface area contributed by atoms with Gasteiger partial charge in [-0.1, -0.05) is 11.6 Å². The second kappa shape index (κ2) is 6.32. The molecule has 2 rings (SSSR count). The summed E-state index contributed by atoms with van der Waals surface area (Å²) in [5.41, 5.74) is 1.06. The van der Waals surface area contributed by atoms with Crippen LogP contribution in [-0.2, 0) is 4.74 Å². The van der Waals surface area contributed by atoms with Crippen LogP contribution in [0.3, 0.4) is 0 Å². The number of carbonyl (C=O) groups is 1. The zero-order chi connectivity index (χ0) is 15.6. The number of benzene rings is 1. The second-order valence-electron chi connectivity index (χ2n) is 4.11. The van der Waals surface area contributed by atoms with Crippen LogP contribution in [-0.4, -0.2) is 32.3 Å². The monoisotopic (exact) mass is 327 g/mol. The van der Waals surface area contributed by atoms with Crippen LogP contribution in [0.2, 0.25) is 5.02 Å². The standard InChI is InChI=1S/C14H14ClNO4S/c1-7-11(14(17)20-4)16-13(21-7)8-5-9(15)12(19-3)10(6-8)18-2/h5-6H,1-4H3. The predicted octanol–water partition coefficient (Wildman–Crippen LogP) is 3.58. The third-order valence-electron chi connectivity index (χ3n) is 2.86. The van der Waals surface area contributed by atoms with Gasteiger partial charge in [-0.3, -0.25) is 0 Å². The topological polar surface area (TPSA) is 57.7 Å². The third-order valence-corrected chi connectivity index (χ3v) is 4.16. The molecule has 0 aliphatic carbocycles. The summed E-state index contributed by atoms with van der Waals surface area (Å²) < 4.78 is 15.2. The Labute approximate surface area is 131 Å². The van der Waals surface area contributed by atoms with Crippen molar-refractivity contribution in [3.63, 3.8) is 0 Å². The minimum atomic E-state index is -0.457. The van der Waals surface area contributed by atoms with E-state index in [-0.39, 0.29) is 0 Å². The summed E-state index contributed by atoms with van der Waals surface area (Å²) in [6, 6.07) is 3.49. The normalized spacial score (nSPS) is 10.3. The van der Waals surface area contributed by atoms with Crippen LogP contribution >= 0.6 is 22.9 Å². The molecule has 0 spiro atoms. The van der Waals surface area contributed by atoms with E-state index in [2.05, 4.69) is 4.98 Å². The lowest BCUT2D eigenvalue weighted by Gasteiger charge is -2.10. The number of carbonyl (C=O) groups excluding carboxylic acids is 1. The molecule has 0 bridgehead atoms. The average Bonchev–Trinajstić information content (AvgIpc) is 2.87. The quantitative estimate of drug-likeness (QED) is 0.803. The summed E-state index contributed by atoms with van der Waals surface area (Å²) in [6.07, 6.45) is 0. The lowest BCUT2D eigenvalue weighted by atomic mass is 10.2. The van der Waals surface area contributed by atoms with Gasteiger partial charge in [0.05, 0.1) is 26.4 Å². The number of rotatable bonds is 4. The molecule has 0 aliphatic heterocycles. The highest BCUT2D eigenvalue weighted by Gasteiger charge is 2.19. The van der Waals surface area contributed by atoms with E-state index in [1.165, 1.54) is 32.7 Å². The Bertz CT molecular complexity index is 684. The van der Waals surface area contributed by atoms with Gasteiger partial charge in [-0.2, -0.15) is 0 Å². The number of aromatic nitrogens is 1. The van der Waals surface area contributed by atoms with Crippen LogP contribution in [0.25, 0.3) is 10.6 Å². The molecule has 21 heavy (non-hydrogen) atoms. The second-order valence-corrected chi connectivity index (χ2v) is 5.72. The van der Waals surface area contributed by atoms with Gasteiger partial charge in [-0.05, 0) is 19.1 Å². The Balaban J connectivity index is 2.52. The summed E-state index contributed by atoms with van der Waals surface area (Å²) in [4.78, 5) is 16.7. The highest BCUT2D eigenvalue weighted by molar-refractivity contribution is 7.15. The van der Waals surface area contributed by atoms with Crippen molar-refractivity contribution in [3.8, 4) is 22.1 Å². The maximum atomic E-state index is 11.6. The number of ether oxygens (including phenoxy) is 3. The lowest BCUT2D eigenvalue weighted by molar-refractivity contribution is 0.0594. The third kappa shape index (κ3) is 2.96. The Hall–Kier alpha value is -1.79. The number of hydrogen-bond donors (Lipinski definition) is 0. The molecule has 0 amide bonds. The molecule has 5 nitrogen and oxygen atoms in total. The van der Waals surface area contributed by atoms with E-state index in [0.29, 0.717) is 27.2 Å². The van der Waals surface area contributed by atoms with Gasteiger partial charge >= 0.3 is 5.97 Å². The van der Waals surface area contributed by atoms with E-state index in [0.717, 1.165) is 10.4 Å². The number of esters is 1. The van der Waals surface area contributed by atoms with Crippen LogP contribution in [0.4, 0.5) is 0 Å². The molecule has 0 saturated heterocycles. The summed E-state index contributed by atoms with van der Waals surface area (Å²) in [6.45, 7) is 1.82. The lowest BCUT2D eigenvalue weighted by Crippen LogP contribution is -2.03. The maximum Gasteiger partial charge on any atom is 0.357 e. The molecule has 0 unspecified atom stereocenters. The van der Waals surface area contributed by atoms with Crippen molar-refractivity contribution in [2.45, 2.75) is 6.92 Å². The fraction of sp³-hybridized carbons (Fsp3) is 0.286. The molecule has 0 saturated carbocycles. The van der Waals surface area contributed by atoms with Crippen molar-refractivity contribution in [2.75, 3.05) is 21.3 Å². The summed E-state index contributed by atoms with van der Waals surface area (Å²) in [5, 5.41) is 1.08. The molecular weight excluding hydrogens is 314 g/mol. The van der Waals surface area contributed by atoms with Gasteiger partial charge in [0, 0.05) is 10.4 Å². The van der Waals surface area contributed by atoms with Crippen molar-refractivity contribution in [2.24, 2.45) is 0 Å². The van der Waals surface area contributed by atoms with Crippen LogP contribution in [0.1, 0.15) is 15.4 Å². The first-order chi connectivity index (χ1) is 10.0. The number of nitrogens with zero attached hydrogens (tertiary/aromatic N) is 1. The van der Waals surface area contributed by atoms with Crippen LogP contribution in [0.5, 0.6) is 11.5 Å². The Kier molecular flexibility index (Phi) is 4.69. The molecule has 7 heteroatoms. The van der Waals surface area contributed by atoms with Crippen LogP contribution < -0.4 is 9.47 Å². The van der Waals surface area contributed by atoms with Crippen LogP contribution in [0, 0.1) is 6.92 Å². The van der Waals surface area contributed by atoms with E-state index >= 15 is 0 Å². The number of methoxy groups -OCH3 is 3. The van der Waals surface area contributed by atoms with Gasteiger partial charge in [0.15, 0.2) is 17.2 Å². The molecule has 0 aliphatic rings. The molecule has 2 aromatic rings. The van der Waals surface area contributed by atoms with Crippen molar-refractivity contribution in [1.82, 2.24) is 4.98 Å². The highest BCUT2D eigenvalue weighted by atomic mass is 35.5. The summed E-state index contributed by atoms with van der Waals surface area (Å²) in [7, 11) is 4.38. The van der Waals surface area contributed by atoms with Gasteiger partial charge in [0.25, 0.3) is 0 Å². The van der Waals surface area contributed by atoms with Crippen molar-refractivity contribution >= 4 is 28.9 Å². The van der Waals surface area contributed by atoms with E-state index in [4.69, 9.17) is 25.8 Å². The highest BCUT2D eigenvalue weighted by Crippen LogP contribution is 2.40. The van der Waals surface area contributed by atoms with Gasteiger partial charge in [0.2, 0.25) is 0 Å². The first kappa shape index (κ1) is 15.6. The van der Waals surface area contributed by atoms with Gasteiger partial charge < -0.3 is 14.2 Å². The fourth-order valence-electron chi connectivity index (χ4n) is 1.85. The molecule has 0 atom stereocenters. The largest absolute Gasteiger partial charge is 0.493 e. The Morgan fingerprint density at radius 1 is 1.24 bits per heavy atom. The van der Waals surface area contributed by atoms with Crippen molar-refractivity contribution in [3.05, 3.63) is 27.7 Å². The zero-order valence-electron chi connectivity index (χ0n) is 12.0. The fourth-order valence-corrected chi connectivity index (χ4v) is 3.02. The molecule has 1 heterocycles. The summed E-state index contributed by atoms with van der Waals surface area (Å²) in [5.74, 6) is 0.512. The van der Waals surface area contributed by atoms with Crippen LogP contribution in [0.15, 0.2) is 12.1 Å². The van der Waals surface area contributed by atoms with Gasteiger partial charge in [-0.15, -0.1) is 11.3 Å². The molecule has 1 aromatic carbocycles. The van der Waals surface area contributed by atoms with Crippen molar-refractivity contribution in [1.29, 1.82) is 0 Å². The smallest absolute Gasteiger partial charge is 0.357 e. The first-order valence-corrected chi connectivity index (χ1v) is 7.18. The first-order valence-electron chi connectivity index (χ1n) is 5.99. The van der Waals surface area contributed by atoms with Crippen molar-refractivity contribution < 1.29 is 19.0 Å². The SMILES string of the molecule is COC(=O)c1nc(-c2cc(Cl)c(OC)c(OC)c2)sc1C. The van der Waals surface area contributed by atoms with Gasteiger partial charge in [-0.25, -0.2) is 9.78 Å². The number of halogens is 1.